The molecular formula is C19H18ClFN2O3. The predicted molar refractivity (Wildman–Crippen MR) is 95.6 cm³/mol. The molecule has 0 spiro atoms. The first-order valence-electron chi connectivity index (χ1n) is 8.13. The van der Waals surface area contributed by atoms with Gasteiger partial charge in [0.2, 0.25) is 5.91 Å². The van der Waals surface area contributed by atoms with Crippen molar-refractivity contribution in [2.75, 3.05) is 7.05 Å². The van der Waals surface area contributed by atoms with E-state index in [4.69, 9.17) is 16.7 Å². The van der Waals surface area contributed by atoms with E-state index in [9.17, 15) is 14.0 Å². The van der Waals surface area contributed by atoms with Crippen LogP contribution in [-0.4, -0.2) is 35.0 Å². The van der Waals surface area contributed by atoms with Crippen molar-refractivity contribution >= 4 is 23.5 Å². The summed E-state index contributed by atoms with van der Waals surface area (Å²) in [6.45, 7) is 0.470. The van der Waals surface area contributed by atoms with Gasteiger partial charge in [-0.3, -0.25) is 4.79 Å². The van der Waals surface area contributed by atoms with E-state index in [-0.39, 0.29) is 28.6 Å². The molecule has 1 saturated heterocycles. The fourth-order valence-corrected chi connectivity index (χ4v) is 3.34. The van der Waals surface area contributed by atoms with Gasteiger partial charge in [0.05, 0.1) is 16.6 Å². The van der Waals surface area contributed by atoms with Gasteiger partial charge in [0, 0.05) is 26.1 Å². The highest BCUT2D eigenvalue weighted by atomic mass is 35.5. The van der Waals surface area contributed by atoms with Crippen molar-refractivity contribution in [2.45, 2.75) is 25.0 Å². The van der Waals surface area contributed by atoms with Gasteiger partial charge in [-0.2, -0.15) is 0 Å². The molecule has 1 aliphatic heterocycles. The van der Waals surface area contributed by atoms with Gasteiger partial charge in [0.15, 0.2) is 0 Å². The summed E-state index contributed by atoms with van der Waals surface area (Å²) in [6.07, 6.45) is 0.304. The number of likely N-dealkylation sites (tertiary alicyclic amines) is 1. The number of benzene rings is 2. The lowest BCUT2D eigenvalue weighted by atomic mass is 9.99. The number of nitrogens with zero attached hydrogens (tertiary/aromatic N) is 1. The zero-order chi connectivity index (χ0) is 18.8. The van der Waals surface area contributed by atoms with Crippen LogP contribution in [0.3, 0.4) is 0 Å². The first-order chi connectivity index (χ1) is 12.4. The summed E-state index contributed by atoms with van der Waals surface area (Å²) < 4.78 is 13.8. The van der Waals surface area contributed by atoms with Crippen LogP contribution < -0.4 is 5.32 Å². The minimum absolute atomic E-state index is 0.0240. The number of carbonyl (C=O) groups excluding carboxylic acids is 1. The van der Waals surface area contributed by atoms with Gasteiger partial charge < -0.3 is 15.3 Å². The second-order valence-electron chi connectivity index (χ2n) is 6.32. The van der Waals surface area contributed by atoms with E-state index < -0.39 is 11.8 Å². The van der Waals surface area contributed by atoms with Gasteiger partial charge in [-0.1, -0.05) is 29.8 Å². The summed E-state index contributed by atoms with van der Waals surface area (Å²) in [6, 6.07) is 10.6. The Labute approximate surface area is 155 Å². The Morgan fingerprint density at radius 2 is 2.00 bits per heavy atom. The summed E-state index contributed by atoms with van der Waals surface area (Å²) in [5, 5.41) is 12.3. The average molecular weight is 377 g/mol. The van der Waals surface area contributed by atoms with Crippen molar-refractivity contribution in [1.82, 2.24) is 10.2 Å². The maximum Gasteiger partial charge on any atom is 0.335 e. The summed E-state index contributed by atoms with van der Waals surface area (Å²) in [4.78, 5) is 24.7. The number of carboxylic acid groups (broad SMARTS) is 1. The molecule has 2 unspecified atom stereocenters. The van der Waals surface area contributed by atoms with Crippen LogP contribution in [0.2, 0.25) is 5.02 Å². The van der Waals surface area contributed by atoms with Gasteiger partial charge in [-0.05, 0) is 35.4 Å². The van der Waals surface area contributed by atoms with Gasteiger partial charge in [-0.15, -0.1) is 0 Å². The van der Waals surface area contributed by atoms with Crippen LogP contribution >= 0.6 is 11.6 Å². The highest BCUT2D eigenvalue weighted by molar-refractivity contribution is 6.30. The number of carbonyl (C=O) groups is 2. The summed E-state index contributed by atoms with van der Waals surface area (Å²) in [5.74, 6) is -1.51. The molecule has 7 heteroatoms. The molecule has 1 fully saturated rings. The van der Waals surface area contributed by atoms with Gasteiger partial charge in [0.1, 0.15) is 5.82 Å². The van der Waals surface area contributed by atoms with Gasteiger partial charge in [-0.25, -0.2) is 9.18 Å². The molecule has 0 saturated carbocycles. The Morgan fingerprint density at radius 1 is 1.31 bits per heavy atom. The van der Waals surface area contributed by atoms with Crippen LogP contribution in [0.25, 0.3) is 0 Å². The topological polar surface area (TPSA) is 69.6 Å². The Morgan fingerprint density at radius 3 is 2.62 bits per heavy atom. The van der Waals surface area contributed by atoms with Crippen molar-refractivity contribution < 1.29 is 19.1 Å². The SMILES string of the molecule is CN1C(=O)CC(NCc2ccc(C(=O)O)cc2)C1c1ccc(Cl)c(F)c1. The number of halogens is 2. The van der Waals surface area contributed by atoms with Crippen molar-refractivity contribution in [3.8, 4) is 0 Å². The Bertz CT molecular complexity index is 841. The fraction of sp³-hybridized carbons (Fsp3) is 0.263. The minimum Gasteiger partial charge on any atom is -0.478 e. The van der Waals surface area contributed by atoms with E-state index in [1.807, 2.05) is 0 Å². The second-order valence-corrected chi connectivity index (χ2v) is 6.72. The maximum absolute atomic E-state index is 13.8. The van der Waals surface area contributed by atoms with Crippen LogP contribution in [-0.2, 0) is 11.3 Å². The van der Waals surface area contributed by atoms with Crippen molar-refractivity contribution in [3.63, 3.8) is 0 Å². The predicted octanol–water partition coefficient (Wildman–Crippen LogP) is 3.24. The molecule has 2 aromatic carbocycles. The van der Waals surface area contributed by atoms with E-state index >= 15 is 0 Å². The molecule has 1 heterocycles. The summed E-state index contributed by atoms with van der Waals surface area (Å²) in [5.41, 5.74) is 1.80. The lowest BCUT2D eigenvalue weighted by molar-refractivity contribution is -0.127. The van der Waals surface area contributed by atoms with E-state index in [1.165, 1.54) is 24.3 Å². The number of carboxylic acids is 1. The van der Waals surface area contributed by atoms with Crippen molar-refractivity contribution in [2.24, 2.45) is 0 Å². The minimum atomic E-state index is -0.975. The third kappa shape index (κ3) is 3.71. The molecule has 5 nitrogen and oxygen atoms in total. The zero-order valence-electron chi connectivity index (χ0n) is 14.1. The molecule has 3 rings (SSSR count). The Balaban J connectivity index is 1.75. The Kier molecular flexibility index (Phi) is 5.25. The van der Waals surface area contributed by atoms with Crippen LogP contribution in [0.5, 0.6) is 0 Å². The first kappa shape index (κ1) is 18.4. The van der Waals surface area contributed by atoms with E-state index in [1.54, 1.807) is 30.1 Å². The number of hydrogen-bond acceptors (Lipinski definition) is 3. The number of likely N-dealkylation sites (N-methyl/N-ethyl adjacent to an activating group) is 1. The molecule has 0 aromatic heterocycles. The first-order valence-corrected chi connectivity index (χ1v) is 8.51. The quantitative estimate of drug-likeness (QED) is 0.840. The largest absolute Gasteiger partial charge is 0.478 e. The van der Waals surface area contributed by atoms with Crippen LogP contribution in [0.1, 0.15) is 33.9 Å². The third-order valence-corrected chi connectivity index (χ3v) is 4.95. The molecule has 0 bridgehead atoms. The molecule has 1 aliphatic rings. The molecule has 2 aromatic rings. The summed E-state index contributed by atoms with van der Waals surface area (Å²) >= 11 is 5.75. The number of rotatable bonds is 5. The number of aromatic carboxylic acids is 1. The summed E-state index contributed by atoms with van der Waals surface area (Å²) in [7, 11) is 1.70. The molecule has 0 aliphatic carbocycles. The molecule has 0 radical (unpaired) electrons. The lowest BCUT2D eigenvalue weighted by Gasteiger charge is -2.26. The fourth-order valence-electron chi connectivity index (χ4n) is 3.22. The second kappa shape index (κ2) is 7.43. The Hall–Kier alpha value is -2.44. The third-order valence-electron chi connectivity index (χ3n) is 4.64. The van der Waals surface area contributed by atoms with Gasteiger partial charge in [0.25, 0.3) is 0 Å². The highest BCUT2D eigenvalue weighted by Crippen LogP contribution is 2.33. The van der Waals surface area contributed by atoms with Crippen LogP contribution in [0.15, 0.2) is 42.5 Å². The number of hydrogen-bond donors (Lipinski definition) is 2. The molecule has 26 heavy (non-hydrogen) atoms. The molecule has 136 valence electrons. The lowest BCUT2D eigenvalue weighted by Crippen LogP contribution is -2.34. The van der Waals surface area contributed by atoms with Gasteiger partial charge >= 0.3 is 5.97 Å². The van der Waals surface area contributed by atoms with E-state index in [0.29, 0.717) is 18.5 Å². The molecule has 2 N–H and O–H groups in total. The number of nitrogens with one attached hydrogen (secondary N) is 1. The average Bonchev–Trinajstić information content (AvgIpc) is 2.90. The highest BCUT2D eigenvalue weighted by Gasteiger charge is 2.38. The zero-order valence-corrected chi connectivity index (χ0v) is 14.8. The standard InChI is InChI=1S/C19H18ClFN2O3/c1-23-17(24)9-16(18(23)13-6-7-14(20)15(21)8-13)22-10-11-2-4-12(5-3-11)19(25)26/h2-8,16,18,22H,9-10H2,1H3,(H,25,26). The smallest absolute Gasteiger partial charge is 0.335 e. The molecule has 2 atom stereocenters. The van der Waals surface area contributed by atoms with E-state index in [2.05, 4.69) is 5.32 Å². The monoisotopic (exact) mass is 376 g/mol. The molecule has 1 amide bonds. The van der Waals surface area contributed by atoms with Crippen LogP contribution in [0.4, 0.5) is 4.39 Å². The normalized spacial score (nSPS) is 19.8. The van der Waals surface area contributed by atoms with Crippen LogP contribution in [0, 0.1) is 5.82 Å². The van der Waals surface area contributed by atoms with Crippen molar-refractivity contribution in [1.29, 1.82) is 0 Å². The molecular weight excluding hydrogens is 359 g/mol. The van der Waals surface area contributed by atoms with Crippen molar-refractivity contribution in [3.05, 3.63) is 70.0 Å². The maximum atomic E-state index is 13.8. The number of amides is 1. The van der Waals surface area contributed by atoms with E-state index in [0.717, 1.165) is 5.56 Å².